The molecule has 4 aliphatic rings. The monoisotopic (exact) mass is 462 g/mol. The van der Waals surface area contributed by atoms with Gasteiger partial charge in [0, 0.05) is 5.92 Å². The summed E-state index contributed by atoms with van der Waals surface area (Å²) in [5.74, 6) is 1.78. The van der Waals surface area contributed by atoms with Crippen LogP contribution >= 0.6 is 0 Å². The van der Waals surface area contributed by atoms with E-state index in [1.165, 1.54) is 5.57 Å². The van der Waals surface area contributed by atoms with Crippen molar-refractivity contribution in [3.05, 3.63) is 11.6 Å². The number of rotatable bonds is 6. The van der Waals surface area contributed by atoms with Gasteiger partial charge in [0.1, 0.15) is 0 Å². The first-order chi connectivity index (χ1) is 15.3. The molecule has 0 aromatic heterocycles. The van der Waals surface area contributed by atoms with Gasteiger partial charge in [-0.1, -0.05) is 52.7 Å². The van der Waals surface area contributed by atoms with Gasteiger partial charge in [-0.05, 0) is 98.7 Å². The van der Waals surface area contributed by atoms with E-state index in [4.69, 9.17) is 0 Å². The number of aliphatic hydroxyl groups is 4. The smallest absolute Gasteiger partial charge is 0.0757 e. The van der Waals surface area contributed by atoms with Gasteiger partial charge in [-0.2, -0.15) is 0 Å². The van der Waals surface area contributed by atoms with Crippen molar-refractivity contribution in [2.75, 3.05) is 0 Å². The highest BCUT2D eigenvalue weighted by atomic mass is 16.3. The van der Waals surface area contributed by atoms with Crippen LogP contribution in [0.5, 0.6) is 0 Å². The summed E-state index contributed by atoms with van der Waals surface area (Å²) in [6.45, 7) is 13.4. The zero-order valence-corrected chi connectivity index (χ0v) is 21.9. The van der Waals surface area contributed by atoms with Crippen molar-refractivity contribution in [3.63, 3.8) is 0 Å². The molecular formula is C29H50O4. The zero-order valence-electron chi connectivity index (χ0n) is 21.9. The third kappa shape index (κ3) is 4.15. The third-order valence-electron chi connectivity index (χ3n) is 11.3. The molecule has 0 radical (unpaired) electrons. The molecule has 190 valence electrons. The Kier molecular flexibility index (Phi) is 6.93. The van der Waals surface area contributed by atoms with Crippen LogP contribution in [0.15, 0.2) is 11.6 Å². The highest BCUT2D eigenvalue weighted by Gasteiger charge is 2.65. The van der Waals surface area contributed by atoms with Crippen LogP contribution in [0.4, 0.5) is 0 Å². The zero-order chi connectivity index (χ0) is 24.3. The van der Waals surface area contributed by atoms with Crippen molar-refractivity contribution in [3.8, 4) is 0 Å². The van der Waals surface area contributed by atoms with Crippen LogP contribution in [-0.4, -0.2) is 44.3 Å². The van der Waals surface area contributed by atoms with Gasteiger partial charge in [0.2, 0.25) is 0 Å². The molecule has 0 heterocycles. The van der Waals surface area contributed by atoms with Crippen molar-refractivity contribution in [1.29, 1.82) is 0 Å². The van der Waals surface area contributed by atoms with E-state index in [9.17, 15) is 20.4 Å². The second-order valence-electron chi connectivity index (χ2n) is 13.4. The molecule has 11 atom stereocenters. The number of hydrogen-bond donors (Lipinski definition) is 4. The molecule has 0 bridgehead atoms. The number of hydrogen-bond acceptors (Lipinski definition) is 4. The number of aliphatic hydroxyl groups excluding tert-OH is 3. The first-order valence-electron chi connectivity index (χ1n) is 13.8. The lowest BCUT2D eigenvalue weighted by molar-refractivity contribution is -0.137. The van der Waals surface area contributed by atoms with Crippen LogP contribution in [0.2, 0.25) is 0 Å². The van der Waals surface area contributed by atoms with Crippen LogP contribution in [0.1, 0.15) is 99.3 Å². The van der Waals surface area contributed by atoms with Gasteiger partial charge in [-0.3, -0.25) is 0 Å². The molecule has 0 amide bonds. The van der Waals surface area contributed by atoms with Gasteiger partial charge < -0.3 is 20.4 Å². The fraction of sp³-hybridized carbons (Fsp3) is 0.931. The predicted octanol–water partition coefficient (Wildman–Crippen LogP) is 5.08. The molecule has 3 saturated carbocycles. The molecular weight excluding hydrogens is 412 g/mol. The predicted molar refractivity (Wildman–Crippen MR) is 132 cm³/mol. The summed E-state index contributed by atoms with van der Waals surface area (Å²) < 4.78 is 0. The molecule has 4 N–H and O–H groups in total. The van der Waals surface area contributed by atoms with E-state index in [0.29, 0.717) is 30.6 Å². The summed E-state index contributed by atoms with van der Waals surface area (Å²) in [4.78, 5) is 0. The van der Waals surface area contributed by atoms with Gasteiger partial charge in [0.25, 0.3) is 0 Å². The maximum absolute atomic E-state index is 11.8. The lowest BCUT2D eigenvalue weighted by atomic mass is 9.46. The highest BCUT2D eigenvalue weighted by Crippen LogP contribution is 2.67. The maximum Gasteiger partial charge on any atom is 0.0757 e. The van der Waals surface area contributed by atoms with Gasteiger partial charge in [-0.15, -0.1) is 0 Å². The molecule has 0 saturated heterocycles. The van der Waals surface area contributed by atoms with Crippen LogP contribution < -0.4 is 0 Å². The summed E-state index contributed by atoms with van der Waals surface area (Å²) >= 11 is 0. The Hall–Kier alpha value is -0.420. The van der Waals surface area contributed by atoms with E-state index in [2.05, 4.69) is 40.7 Å². The summed E-state index contributed by atoms with van der Waals surface area (Å²) in [6, 6.07) is 0. The minimum atomic E-state index is -0.905. The third-order valence-corrected chi connectivity index (χ3v) is 11.3. The van der Waals surface area contributed by atoms with Crippen LogP contribution in [0, 0.1) is 46.3 Å². The second-order valence-corrected chi connectivity index (χ2v) is 13.4. The van der Waals surface area contributed by atoms with E-state index in [1.807, 2.05) is 6.92 Å². The lowest BCUT2D eigenvalue weighted by Gasteiger charge is -2.59. The summed E-state index contributed by atoms with van der Waals surface area (Å²) in [6.07, 6.45) is 8.78. The Bertz CT molecular complexity index is 744. The SMILES string of the molecule is CCC(CCC(C)(O)C1C(O)CC2C3C(O)C=C4CC(O)CCC4(C)C3CCC21C)C(C)C. The molecule has 0 aromatic carbocycles. The van der Waals surface area contributed by atoms with E-state index in [-0.39, 0.29) is 34.7 Å². The second kappa shape index (κ2) is 8.91. The summed E-state index contributed by atoms with van der Waals surface area (Å²) in [7, 11) is 0. The van der Waals surface area contributed by atoms with Gasteiger partial charge in [0.05, 0.1) is 23.9 Å². The molecule has 4 aliphatic carbocycles. The first-order valence-corrected chi connectivity index (χ1v) is 13.8. The Labute approximate surface area is 201 Å². The first kappa shape index (κ1) is 25.7. The topological polar surface area (TPSA) is 80.9 Å². The van der Waals surface area contributed by atoms with Crippen molar-refractivity contribution in [2.24, 2.45) is 46.3 Å². The Morgan fingerprint density at radius 2 is 1.79 bits per heavy atom. The van der Waals surface area contributed by atoms with Crippen LogP contribution in [-0.2, 0) is 0 Å². The van der Waals surface area contributed by atoms with E-state index in [1.54, 1.807) is 0 Å². The largest absolute Gasteiger partial charge is 0.393 e. The molecule has 3 fully saturated rings. The molecule has 0 aromatic rings. The van der Waals surface area contributed by atoms with Crippen LogP contribution in [0.3, 0.4) is 0 Å². The fourth-order valence-electron chi connectivity index (χ4n) is 9.41. The Morgan fingerprint density at radius 1 is 1.09 bits per heavy atom. The Balaban J connectivity index is 1.60. The molecule has 0 spiro atoms. The highest BCUT2D eigenvalue weighted by molar-refractivity contribution is 5.28. The fourth-order valence-corrected chi connectivity index (χ4v) is 9.41. The normalized spacial score (nSPS) is 47.8. The van der Waals surface area contributed by atoms with E-state index >= 15 is 0 Å². The minimum Gasteiger partial charge on any atom is -0.393 e. The van der Waals surface area contributed by atoms with E-state index < -0.39 is 17.8 Å². The minimum absolute atomic E-state index is 0.0433. The quantitative estimate of drug-likeness (QED) is 0.415. The van der Waals surface area contributed by atoms with Crippen LogP contribution in [0.25, 0.3) is 0 Å². The maximum atomic E-state index is 11.8. The van der Waals surface area contributed by atoms with Gasteiger partial charge >= 0.3 is 0 Å². The Morgan fingerprint density at radius 3 is 2.42 bits per heavy atom. The number of fused-ring (bicyclic) bond motifs is 5. The van der Waals surface area contributed by atoms with Crippen molar-refractivity contribution < 1.29 is 20.4 Å². The van der Waals surface area contributed by atoms with Crippen molar-refractivity contribution in [2.45, 2.75) is 123 Å². The molecule has 4 rings (SSSR count). The molecule has 4 nitrogen and oxygen atoms in total. The summed E-state index contributed by atoms with van der Waals surface area (Å²) in [5.41, 5.74) is 0.222. The molecule has 11 unspecified atom stereocenters. The van der Waals surface area contributed by atoms with Crippen molar-refractivity contribution in [1.82, 2.24) is 0 Å². The van der Waals surface area contributed by atoms with Crippen molar-refractivity contribution >= 4 is 0 Å². The molecule has 0 aliphatic heterocycles. The van der Waals surface area contributed by atoms with Gasteiger partial charge in [0.15, 0.2) is 0 Å². The molecule has 4 heteroatoms. The molecule has 33 heavy (non-hydrogen) atoms. The standard InChI is InChI=1S/C29H50O4/c1-7-18(17(2)3)8-13-29(6,33)26-24(32)16-22-25-21(10-12-28(22,26)5)27(4)11-9-20(30)14-19(27)15-23(25)31/h15,17-18,20-26,30-33H,7-14,16H2,1-6H3. The summed E-state index contributed by atoms with van der Waals surface area (Å²) in [5, 5.41) is 44.8. The average molecular weight is 463 g/mol. The van der Waals surface area contributed by atoms with Gasteiger partial charge in [-0.25, -0.2) is 0 Å². The lowest BCUT2D eigenvalue weighted by Crippen LogP contribution is -2.56. The van der Waals surface area contributed by atoms with E-state index in [0.717, 1.165) is 44.9 Å². The average Bonchev–Trinajstić information content (AvgIpc) is 3.00.